The Kier molecular flexibility index (Phi) is 6.58. The molecule has 2 saturated heterocycles. The molecule has 4 atom stereocenters. The number of carbonyl (C=O) groups is 3. The number of esters is 3. The zero-order chi connectivity index (χ0) is 19.4. The lowest BCUT2D eigenvalue weighted by atomic mass is 10.00. The van der Waals surface area contributed by atoms with Gasteiger partial charge in [-0.15, -0.1) is 0 Å². The van der Waals surface area contributed by atoms with Crippen LogP contribution in [0, 0.1) is 0 Å². The van der Waals surface area contributed by atoms with Gasteiger partial charge in [0.15, 0.2) is 0 Å². The Balaban J connectivity index is 1.97. The van der Waals surface area contributed by atoms with Gasteiger partial charge in [-0.25, -0.2) is 14.4 Å². The lowest BCUT2D eigenvalue weighted by Crippen LogP contribution is -2.46. The maximum absolute atomic E-state index is 12.1. The molecule has 144 valence electrons. The molecular weight excluding hydrogens is 338 g/mol. The SMILES string of the molecule is C/C=C(\C)C(=O)O[C@@H]1CC2C[C@H](OC(=O)/C=C(\C)C(=O)OC)CC1N2C. The van der Waals surface area contributed by atoms with E-state index in [1.54, 1.807) is 19.9 Å². The predicted molar refractivity (Wildman–Crippen MR) is 94.2 cm³/mol. The highest BCUT2D eigenvalue weighted by molar-refractivity contribution is 5.95. The van der Waals surface area contributed by atoms with Crippen molar-refractivity contribution in [1.82, 2.24) is 4.90 Å². The zero-order valence-corrected chi connectivity index (χ0v) is 16.0. The van der Waals surface area contributed by atoms with Gasteiger partial charge in [-0.2, -0.15) is 0 Å². The second-order valence-corrected chi connectivity index (χ2v) is 6.89. The Morgan fingerprint density at radius 2 is 1.69 bits per heavy atom. The minimum atomic E-state index is -0.559. The van der Waals surface area contributed by atoms with Gasteiger partial charge < -0.3 is 14.2 Å². The van der Waals surface area contributed by atoms with Crippen LogP contribution in [0.4, 0.5) is 0 Å². The van der Waals surface area contributed by atoms with Crippen LogP contribution in [0.5, 0.6) is 0 Å². The van der Waals surface area contributed by atoms with Crippen molar-refractivity contribution in [1.29, 1.82) is 0 Å². The number of hydrogen-bond donors (Lipinski definition) is 0. The first-order valence-electron chi connectivity index (χ1n) is 8.79. The Bertz CT molecular complexity index is 638. The highest BCUT2D eigenvalue weighted by Crippen LogP contribution is 2.37. The van der Waals surface area contributed by atoms with Gasteiger partial charge in [0.2, 0.25) is 0 Å². The highest BCUT2D eigenvalue weighted by atomic mass is 16.6. The molecule has 0 N–H and O–H groups in total. The van der Waals surface area contributed by atoms with E-state index in [1.165, 1.54) is 14.0 Å². The molecule has 2 unspecified atom stereocenters. The third-order valence-electron chi connectivity index (χ3n) is 5.21. The summed E-state index contributed by atoms with van der Waals surface area (Å²) >= 11 is 0. The third kappa shape index (κ3) is 4.52. The number of methoxy groups -OCH3 is 1. The molecule has 2 heterocycles. The van der Waals surface area contributed by atoms with E-state index in [1.807, 2.05) is 7.05 Å². The number of carbonyl (C=O) groups excluding carboxylic acids is 3. The van der Waals surface area contributed by atoms with E-state index in [0.29, 0.717) is 18.4 Å². The van der Waals surface area contributed by atoms with Crippen molar-refractivity contribution in [3.05, 3.63) is 23.3 Å². The van der Waals surface area contributed by atoms with Gasteiger partial charge in [0.25, 0.3) is 0 Å². The molecule has 0 saturated carbocycles. The van der Waals surface area contributed by atoms with Crippen molar-refractivity contribution in [2.45, 2.75) is 64.3 Å². The smallest absolute Gasteiger partial charge is 0.333 e. The van der Waals surface area contributed by atoms with Crippen LogP contribution in [0.15, 0.2) is 23.3 Å². The van der Waals surface area contributed by atoms with Crippen molar-refractivity contribution in [2.24, 2.45) is 0 Å². The Hall–Kier alpha value is -2.15. The maximum atomic E-state index is 12.1. The Morgan fingerprint density at radius 1 is 1.00 bits per heavy atom. The lowest BCUT2D eigenvalue weighted by Gasteiger charge is -2.36. The fourth-order valence-electron chi connectivity index (χ4n) is 3.54. The molecule has 0 aromatic heterocycles. The number of likely N-dealkylation sites (N-methyl/N-ethyl adjacent to an activating group) is 1. The van der Waals surface area contributed by atoms with Crippen LogP contribution in [0.1, 0.15) is 40.0 Å². The monoisotopic (exact) mass is 365 g/mol. The molecular formula is C19H27NO6. The quantitative estimate of drug-likeness (QED) is 0.417. The molecule has 0 aromatic rings. The van der Waals surface area contributed by atoms with Crippen LogP contribution < -0.4 is 0 Å². The molecule has 2 bridgehead atoms. The molecule has 7 heteroatoms. The van der Waals surface area contributed by atoms with Crippen molar-refractivity contribution < 1.29 is 28.6 Å². The first-order chi connectivity index (χ1) is 12.3. The van der Waals surface area contributed by atoms with Crippen LogP contribution in [-0.4, -0.2) is 61.3 Å². The molecule has 2 aliphatic rings. The average Bonchev–Trinajstić information content (AvgIpc) is 2.78. The van der Waals surface area contributed by atoms with Gasteiger partial charge in [0.05, 0.1) is 13.2 Å². The van der Waals surface area contributed by atoms with E-state index >= 15 is 0 Å². The summed E-state index contributed by atoms with van der Waals surface area (Å²) in [4.78, 5) is 37.6. The molecule has 26 heavy (non-hydrogen) atoms. The number of ether oxygens (including phenoxy) is 3. The summed E-state index contributed by atoms with van der Waals surface area (Å²) in [5.74, 6) is -1.42. The first kappa shape index (κ1) is 20.2. The van der Waals surface area contributed by atoms with Crippen LogP contribution in [0.3, 0.4) is 0 Å². The average molecular weight is 365 g/mol. The van der Waals surface area contributed by atoms with Gasteiger partial charge >= 0.3 is 17.9 Å². The summed E-state index contributed by atoms with van der Waals surface area (Å²) in [5, 5.41) is 0. The second kappa shape index (κ2) is 8.49. The summed E-state index contributed by atoms with van der Waals surface area (Å²) in [6.45, 7) is 5.03. The van der Waals surface area contributed by atoms with E-state index in [0.717, 1.165) is 12.5 Å². The second-order valence-electron chi connectivity index (χ2n) is 6.89. The molecule has 0 aromatic carbocycles. The molecule has 2 rings (SSSR count). The van der Waals surface area contributed by atoms with Crippen molar-refractivity contribution in [2.75, 3.05) is 14.2 Å². The summed E-state index contributed by atoms with van der Waals surface area (Å²) in [7, 11) is 3.27. The van der Waals surface area contributed by atoms with Gasteiger partial charge in [0.1, 0.15) is 12.2 Å². The third-order valence-corrected chi connectivity index (χ3v) is 5.21. The van der Waals surface area contributed by atoms with Gasteiger partial charge in [-0.3, -0.25) is 4.90 Å². The van der Waals surface area contributed by atoms with E-state index in [-0.39, 0.29) is 35.8 Å². The van der Waals surface area contributed by atoms with Crippen LogP contribution in [-0.2, 0) is 28.6 Å². The largest absolute Gasteiger partial charge is 0.466 e. The zero-order valence-electron chi connectivity index (χ0n) is 16.0. The van der Waals surface area contributed by atoms with Crippen molar-refractivity contribution in [3.8, 4) is 0 Å². The minimum Gasteiger partial charge on any atom is -0.466 e. The number of allylic oxidation sites excluding steroid dienone is 1. The Labute approximate surface area is 154 Å². The van der Waals surface area contributed by atoms with Crippen molar-refractivity contribution >= 4 is 17.9 Å². The number of piperidine rings is 1. The fourth-order valence-corrected chi connectivity index (χ4v) is 3.54. The first-order valence-corrected chi connectivity index (χ1v) is 8.79. The lowest BCUT2D eigenvalue weighted by molar-refractivity contribution is -0.150. The molecule has 0 aliphatic carbocycles. The normalized spacial score (nSPS) is 29.3. The van der Waals surface area contributed by atoms with Gasteiger partial charge in [0, 0.05) is 42.5 Å². The summed E-state index contributed by atoms with van der Waals surface area (Å²) in [6.07, 6.45) is 4.42. The van der Waals surface area contributed by atoms with Crippen molar-refractivity contribution in [3.63, 3.8) is 0 Å². The molecule has 7 nitrogen and oxygen atoms in total. The van der Waals surface area contributed by atoms with Crippen LogP contribution in [0.2, 0.25) is 0 Å². The van der Waals surface area contributed by atoms with E-state index in [4.69, 9.17) is 9.47 Å². The van der Waals surface area contributed by atoms with Gasteiger partial charge in [-0.05, 0) is 27.8 Å². The summed E-state index contributed by atoms with van der Waals surface area (Å²) in [6, 6.07) is 0.215. The number of fused-ring (bicyclic) bond motifs is 2. The number of nitrogens with zero attached hydrogens (tertiary/aromatic N) is 1. The molecule has 2 fully saturated rings. The molecule has 0 radical (unpaired) electrons. The topological polar surface area (TPSA) is 82.1 Å². The highest BCUT2D eigenvalue weighted by Gasteiger charge is 2.47. The molecule has 0 amide bonds. The van der Waals surface area contributed by atoms with Gasteiger partial charge in [-0.1, -0.05) is 6.08 Å². The maximum Gasteiger partial charge on any atom is 0.333 e. The summed E-state index contributed by atoms with van der Waals surface area (Å²) in [5.41, 5.74) is 0.780. The number of rotatable bonds is 5. The van der Waals surface area contributed by atoms with E-state index in [9.17, 15) is 14.4 Å². The summed E-state index contributed by atoms with van der Waals surface area (Å²) < 4.78 is 15.7. The minimum absolute atomic E-state index is 0.0193. The van der Waals surface area contributed by atoms with Crippen LogP contribution in [0.25, 0.3) is 0 Å². The fraction of sp³-hybridized carbons (Fsp3) is 0.632. The predicted octanol–water partition coefficient (Wildman–Crippen LogP) is 1.76. The van der Waals surface area contributed by atoms with Crippen LogP contribution >= 0.6 is 0 Å². The Morgan fingerprint density at radius 3 is 2.31 bits per heavy atom. The molecule has 0 spiro atoms. The van der Waals surface area contributed by atoms with E-state index < -0.39 is 11.9 Å². The van der Waals surface area contributed by atoms with E-state index in [2.05, 4.69) is 9.64 Å². The number of hydrogen-bond acceptors (Lipinski definition) is 7. The standard InChI is InChI=1S/C19H27NO6/c1-6-11(2)19(23)26-16-9-13-8-14(10-15(16)20(13)4)25-17(21)7-12(3)18(22)24-5/h6-7,13-16H,8-10H2,1-5H3/b11-6+,12-7+/t13?,14-,15?,16+/m0/s1. The molecule has 2 aliphatic heterocycles.